The number of rotatable bonds is 7. The van der Waals surface area contributed by atoms with Gasteiger partial charge in [0.2, 0.25) is 10.0 Å². The highest BCUT2D eigenvalue weighted by atomic mass is 35.5. The fraction of sp³-hybridized carbons (Fsp3) is 0.316. The summed E-state index contributed by atoms with van der Waals surface area (Å²) in [6.07, 6.45) is 0. The Morgan fingerprint density at radius 1 is 1.07 bits per heavy atom. The van der Waals surface area contributed by atoms with Gasteiger partial charge in [-0.25, -0.2) is 17.2 Å². The number of hydrogen-bond acceptors (Lipinski definition) is 3. The van der Waals surface area contributed by atoms with Crippen LogP contribution in [-0.2, 0) is 16.6 Å². The highest BCUT2D eigenvalue weighted by Crippen LogP contribution is 2.23. The van der Waals surface area contributed by atoms with E-state index in [0.29, 0.717) is 0 Å². The van der Waals surface area contributed by atoms with Gasteiger partial charge in [-0.2, -0.15) is 4.31 Å². The zero-order valence-electron chi connectivity index (χ0n) is 15.7. The molecule has 0 saturated heterocycles. The van der Waals surface area contributed by atoms with Crippen LogP contribution in [0.4, 0.5) is 8.78 Å². The fourth-order valence-electron chi connectivity index (χ4n) is 2.74. The van der Waals surface area contributed by atoms with E-state index >= 15 is 0 Å². The second-order valence-corrected chi connectivity index (χ2v) is 8.44. The molecule has 0 aliphatic rings. The highest BCUT2D eigenvalue weighted by Gasteiger charge is 2.25. The van der Waals surface area contributed by atoms with Gasteiger partial charge in [-0.05, 0) is 30.3 Å². The minimum absolute atomic E-state index is 0.0901. The maximum Gasteiger partial charge on any atom is 0.256 e. The quantitative estimate of drug-likeness (QED) is 0.669. The lowest BCUT2D eigenvalue weighted by Gasteiger charge is -2.21. The smallest absolute Gasteiger partial charge is 0.256 e. The molecule has 9 heteroatoms. The molecule has 0 spiro atoms. The van der Waals surface area contributed by atoms with Gasteiger partial charge in [0.25, 0.3) is 5.91 Å². The first kappa shape index (κ1) is 22.3. The molecule has 1 amide bonds. The van der Waals surface area contributed by atoms with E-state index in [1.807, 2.05) is 0 Å². The van der Waals surface area contributed by atoms with Crippen molar-refractivity contribution in [1.29, 1.82) is 0 Å². The molecule has 5 nitrogen and oxygen atoms in total. The van der Waals surface area contributed by atoms with Gasteiger partial charge in [-0.3, -0.25) is 4.79 Å². The Labute approximate surface area is 168 Å². The number of benzene rings is 2. The van der Waals surface area contributed by atoms with Crippen LogP contribution >= 0.6 is 11.6 Å². The van der Waals surface area contributed by atoms with E-state index < -0.39 is 33.1 Å². The van der Waals surface area contributed by atoms with Crippen LogP contribution < -0.4 is 0 Å². The van der Waals surface area contributed by atoms with Gasteiger partial charge >= 0.3 is 0 Å². The molecule has 0 radical (unpaired) electrons. The van der Waals surface area contributed by atoms with Crippen LogP contribution in [0.3, 0.4) is 0 Å². The van der Waals surface area contributed by atoms with Crippen molar-refractivity contribution >= 4 is 27.5 Å². The van der Waals surface area contributed by atoms with Crippen molar-refractivity contribution in [2.75, 3.05) is 20.1 Å². The molecule has 0 aliphatic carbocycles. The number of amides is 1. The summed E-state index contributed by atoms with van der Waals surface area (Å²) in [5, 5.41) is 0.137. The third-order valence-corrected chi connectivity index (χ3v) is 6.72. The average molecular weight is 431 g/mol. The van der Waals surface area contributed by atoms with Crippen molar-refractivity contribution in [2.24, 2.45) is 0 Å². The van der Waals surface area contributed by atoms with Gasteiger partial charge < -0.3 is 4.90 Å². The number of carbonyl (C=O) groups excluding carboxylic acids is 1. The fourth-order valence-corrected chi connectivity index (χ4v) is 4.45. The van der Waals surface area contributed by atoms with Crippen LogP contribution in [-0.4, -0.2) is 43.7 Å². The number of carbonyl (C=O) groups is 1. The van der Waals surface area contributed by atoms with Crippen LogP contribution in [0.25, 0.3) is 0 Å². The first-order valence-corrected chi connectivity index (χ1v) is 10.4. The lowest BCUT2D eigenvalue weighted by Crippen LogP contribution is -2.31. The Balaban J connectivity index is 2.38. The molecule has 0 bridgehead atoms. The first-order chi connectivity index (χ1) is 13.1. The summed E-state index contributed by atoms with van der Waals surface area (Å²) in [6.45, 7) is 3.65. The minimum Gasteiger partial charge on any atom is -0.337 e. The largest absolute Gasteiger partial charge is 0.337 e. The van der Waals surface area contributed by atoms with Gasteiger partial charge in [0.05, 0.1) is 10.5 Å². The molecule has 2 aromatic rings. The second-order valence-electron chi connectivity index (χ2n) is 6.09. The van der Waals surface area contributed by atoms with E-state index in [4.69, 9.17) is 11.6 Å². The summed E-state index contributed by atoms with van der Waals surface area (Å²) >= 11 is 5.97. The van der Waals surface area contributed by atoms with Gasteiger partial charge in [-0.1, -0.05) is 31.5 Å². The maximum atomic E-state index is 14.3. The molecular formula is C19H21ClF2N2O3S. The summed E-state index contributed by atoms with van der Waals surface area (Å²) in [4.78, 5) is 13.6. The van der Waals surface area contributed by atoms with E-state index in [-0.39, 0.29) is 35.1 Å². The van der Waals surface area contributed by atoms with E-state index in [1.165, 1.54) is 29.6 Å². The Morgan fingerprint density at radius 2 is 1.71 bits per heavy atom. The van der Waals surface area contributed by atoms with E-state index in [1.54, 1.807) is 13.8 Å². The number of sulfonamides is 1. The van der Waals surface area contributed by atoms with Crippen LogP contribution in [0.15, 0.2) is 41.3 Å². The van der Waals surface area contributed by atoms with E-state index in [2.05, 4.69) is 0 Å². The Bertz CT molecular complexity index is 959. The predicted octanol–water partition coefficient (Wildman–Crippen LogP) is 3.92. The third kappa shape index (κ3) is 4.51. The molecule has 0 atom stereocenters. The standard InChI is InChI=1S/C19H21ClF2N2O3S/c1-4-24(5-2)28(26,27)13-9-10-18(22)14(11-13)19(25)23(3)12-15-16(20)7-6-8-17(15)21/h6-11H,4-5,12H2,1-3H3. The monoisotopic (exact) mass is 430 g/mol. The van der Waals surface area contributed by atoms with E-state index in [9.17, 15) is 22.0 Å². The SMILES string of the molecule is CCN(CC)S(=O)(=O)c1ccc(F)c(C(=O)N(C)Cc2c(F)cccc2Cl)c1. The van der Waals surface area contributed by atoms with Gasteiger partial charge in [0.15, 0.2) is 0 Å². The number of halogens is 3. The molecule has 0 aromatic heterocycles. The normalized spacial score (nSPS) is 11.7. The lowest BCUT2D eigenvalue weighted by atomic mass is 10.1. The lowest BCUT2D eigenvalue weighted by molar-refractivity contribution is 0.0779. The Kier molecular flexibility index (Phi) is 7.14. The number of hydrogen-bond donors (Lipinski definition) is 0. The van der Waals surface area contributed by atoms with Gasteiger partial charge in [0, 0.05) is 37.3 Å². The molecule has 0 fully saturated rings. The van der Waals surface area contributed by atoms with E-state index in [0.717, 1.165) is 23.1 Å². The van der Waals surface area contributed by atoms with Crippen molar-refractivity contribution in [2.45, 2.75) is 25.3 Å². The molecule has 0 aliphatic heterocycles. The van der Waals surface area contributed by atoms with Crippen LogP contribution in [0.1, 0.15) is 29.8 Å². The van der Waals surface area contributed by atoms with Crippen molar-refractivity contribution < 1.29 is 22.0 Å². The van der Waals surface area contributed by atoms with Crippen molar-refractivity contribution in [1.82, 2.24) is 9.21 Å². The third-order valence-electron chi connectivity index (χ3n) is 4.32. The number of nitrogens with zero attached hydrogens (tertiary/aromatic N) is 2. The average Bonchev–Trinajstić information content (AvgIpc) is 2.65. The summed E-state index contributed by atoms with van der Waals surface area (Å²) in [6, 6.07) is 7.18. The zero-order chi connectivity index (χ0) is 21.1. The Hall–Kier alpha value is -2.03. The van der Waals surface area contributed by atoms with Crippen LogP contribution in [0, 0.1) is 11.6 Å². The molecule has 0 saturated carbocycles. The molecule has 2 aromatic carbocycles. The highest BCUT2D eigenvalue weighted by molar-refractivity contribution is 7.89. The molecular weight excluding hydrogens is 410 g/mol. The van der Waals surface area contributed by atoms with Crippen LogP contribution in [0.2, 0.25) is 5.02 Å². The molecule has 2 rings (SSSR count). The Morgan fingerprint density at radius 3 is 2.29 bits per heavy atom. The van der Waals surface area contributed by atoms with Gasteiger partial charge in [0.1, 0.15) is 11.6 Å². The molecule has 0 N–H and O–H groups in total. The van der Waals surface area contributed by atoms with Crippen molar-refractivity contribution in [3.8, 4) is 0 Å². The van der Waals surface area contributed by atoms with Crippen molar-refractivity contribution in [3.63, 3.8) is 0 Å². The minimum atomic E-state index is -3.86. The molecule has 0 unspecified atom stereocenters. The van der Waals surface area contributed by atoms with Crippen LogP contribution in [0.5, 0.6) is 0 Å². The summed E-state index contributed by atoms with van der Waals surface area (Å²) in [5.74, 6) is -2.24. The second kappa shape index (κ2) is 8.98. The summed E-state index contributed by atoms with van der Waals surface area (Å²) in [5.41, 5.74) is -0.324. The predicted molar refractivity (Wildman–Crippen MR) is 104 cm³/mol. The van der Waals surface area contributed by atoms with Gasteiger partial charge in [-0.15, -0.1) is 0 Å². The maximum absolute atomic E-state index is 14.3. The topological polar surface area (TPSA) is 57.7 Å². The zero-order valence-corrected chi connectivity index (χ0v) is 17.3. The molecule has 152 valence electrons. The summed E-state index contributed by atoms with van der Waals surface area (Å²) in [7, 11) is -2.50. The molecule has 0 heterocycles. The molecule has 28 heavy (non-hydrogen) atoms. The summed E-state index contributed by atoms with van der Waals surface area (Å²) < 4.78 is 54.7. The van der Waals surface area contributed by atoms with Crippen molar-refractivity contribution in [3.05, 3.63) is 64.2 Å². The first-order valence-electron chi connectivity index (χ1n) is 8.61.